The van der Waals surface area contributed by atoms with Gasteiger partial charge in [-0.05, 0) is 55.2 Å². The number of carbonyl (C=O) groups excluding carboxylic acids is 1. The van der Waals surface area contributed by atoms with Crippen molar-refractivity contribution in [3.63, 3.8) is 0 Å². The molecule has 0 saturated carbocycles. The number of rotatable bonds is 6. The van der Waals surface area contributed by atoms with Crippen molar-refractivity contribution < 1.29 is 18.0 Å². The SMILES string of the molecule is C=N/C(S)=C(\C#N)C(=O)Nc1ccc(C(N)=NC=Nc2ccc(C(F)(F)F)cc2)cc1. The highest BCUT2D eigenvalue weighted by molar-refractivity contribution is 7.84. The minimum absolute atomic E-state index is 0.0969. The van der Waals surface area contributed by atoms with E-state index in [9.17, 15) is 18.0 Å². The van der Waals surface area contributed by atoms with Gasteiger partial charge in [-0.2, -0.15) is 18.4 Å². The van der Waals surface area contributed by atoms with Crippen LogP contribution in [-0.2, 0) is 11.0 Å². The molecular formula is C20H15F3N6OS. The molecule has 0 spiro atoms. The molecule has 0 saturated heterocycles. The zero-order chi connectivity index (χ0) is 23.0. The number of aliphatic imine (C=N–C) groups is 3. The number of nitrogens with one attached hydrogen (secondary N) is 1. The third-order valence-corrected chi connectivity index (χ3v) is 4.11. The van der Waals surface area contributed by atoms with Gasteiger partial charge in [0.15, 0.2) is 0 Å². The average Bonchev–Trinajstić information content (AvgIpc) is 2.74. The zero-order valence-corrected chi connectivity index (χ0v) is 16.7. The molecule has 11 heteroatoms. The van der Waals surface area contributed by atoms with Gasteiger partial charge in [0, 0.05) is 11.3 Å². The van der Waals surface area contributed by atoms with Crippen molar-refractivity contribution in [1.82, 2.24) is 0 Å². The summed E-state index contributed by atoms with van der Waals surface area (Å²) in [5.41, 5.74) is 5.98. The van der Waals surface area contributed by atoms with Gasteiger partial charge in [-0.25, -0.2) is 9.98 Å². The van der Waals surface area contributed by atoms with Crippen LogP contribution in [0, 0.1) is 11.3 Å². The number of alkyl halides is 3. The molecule has 2 rings (SSSR count). The Balaban J connectivity index is 2.06. The van der Waals surface area contributed by atoms with Crippen LogP contribution in [0.5, 0.6) is 0 Å². The highest BCUT2D eigenvalue weighted by Crippen LogP contribution is 2.30. The Morgan fingerprint density at radius 2 is 1.77 bits per heavy atom. The molecular weight excluding hydrogens is 429 g/mol. The number of carbonyl (C=O) groups is 1. The molecule has 0 aliphatic heterocycles. The zero-order valence-electron chi connectivity index (χ0n) is 15.8. The monoisotopic (exact) mass is 444 g/mol. The van der Waals surface area contributed by atoms with Gasteiger partial charge in [-0.15, -0.1) is 12.6 Å². The number of hydrogen-bond acceptors (Lipinski definition) is 5. The number of thiol groups is 1. The molecule has 31 heavy (non-hydrogen) atoms. The molecule has 0 heterocycles. The highest BCUT2D eigenvalue weighted by Gasteiger charge is 2.29. The third kappa shape index (κ3) is 6.55. The standard InChI is InChI=1S/C20H15F3N6OS/c1-26-19(31)16(10-24)18(30)29-15-6-2-12(3-7-15)17(25)28-11-27-14-8-4-13(5-9-14)20(21,22)23/h2-9,11,31H,1H2,(H,29,30)(H2,25,27,28)/b19-16-. The van der Waals surface area contributed by atoms with Gasteiger partial charge in [0.25, 0.3) is 5.91 Å². The number of nitriles is 1. The van der Waals surface area contributed by atoms with Gasteiger partial charge >= 0.3 is 6.18 Å². The molecule has 0 radical (unpaired) electrons. The summed E-state index contributed by atoms with van der Waals surface area (Å²) in [6.07, 6.45) is -3.30. The number of benzene rings is 2. The molecule has 0 bridgehead atoms. The molecule has 7 nitrogen and oxygen atoms in total. The molecule has 0 aromatic heterocycles. The van der Waals surface area contributed by atoms with E-state index in [-0.39, 0.29) is 22.1 Å². The molecule has 2 aromatic rings. The van der Waals surface area contributed by atoms with E-state index >= 15 is 0 Å². The van der Waals surface area contributed by atoms with Crippen LogP contribution in [0.4, 0.5) is 24.5 Å². The lowest BCUT2D eigenvalue weighted by atomic mass is 10.2. The highest BCUT2D eigenvalue weighted by atomic mass is 32.1. The van der Waals surface area contributed by atoms with Gasteiger partial charge in [-0.1, -0.05) is 0 Å². The number of nitrogens with zero attached hydrogens (tertiary/aromatic N) is 4. The van der Waals surface area contributed by atoms with Crippen molar-refractivity contribution in [2.45, 2.75) is 6.18 Å². The van der Waals surface area contributed by atoms with E-state index in [1.165, 1.54) is 24.3 Å². The van der Waals surface area contributed by atoms with Gasteiger partial charge < -0.3 is 11.1 Å². The second kappa shape index (κ2) is 10.2. The van der Waals surface area contributed by atoms with E-state index in [0.29, 0.717) is 11.3 Å². The van der Waals surface area contributed by atoms with Crippen LogP contribution in [0.1, 0.15) is 11.1 Å². The summed E-state index contributed by atoms with van der Waals surface area (Å²) < 4.78 is 37.6. The Hall–Kier alpha value is -3.91. The first kappa shape index (κ1) is 23.4. The topological polar surface area (TPSA) is 116 Å². The second-order valence-corrected chi connectivity index (χ2v) is 6.23. The molecule has 0 aliphatic rings. The van der Waals surface area contributed by atoms with Crippen LogP contribution in [0.3, 0.4) is 0 Å². The predicted octanol–water partition coefficient (Wildman–Crippen LogP) is 4.07. The molecule has 1 amide bonds. The van der Waals surface area contributed by atoms with Gasteiger partial charge in [0.2, 0.25) is 0 Å². The summed E-state index contributed by atoms with van der Waals surface area (Å²) in [5.74, 6) is -0.599. The van der Waals surface area contributed by atoms with Crippen molar-refractivity contribution in [2.75, 3.05) is 5.32 Å². The Morgan fingerprint density at radius 3 is 2.29 bits per heavy atom. The lowest BCUT2D eigenvalue weighted by molar-refractivity contribution is -0.137. The predicted molar refractivity (Wildman–Crippen MR) is 117 cm³/mol. The molecule has 0 fully saturated rings. The van der Waals surface area contributed by atoms with Crippen molar-refractivity contribution >= 4 is 48.8 Å². The summed E-state index contributed by atoms with van der Waals surface area (Å²) in [7, 11) is 0. The maximum Gasteiger partial charge on any atom is 0.416 e. The van der Waals surface area contributed by atoms with E-state index in [0.717, 1.165) is 18.5 Å². The summed E-state index contributed by atoms with van der Waals surface area (Å²) in [6, 6.07) is 12.2. The van der Waals surface area contributed by atoms with E-state index in [2.05, 4.69) is 39.6 Å². The van der Waals surface area contributed by atoms with E-state index in [1.807, 2.05) is 0 Å². The Kier molecular flexibility index (Phi) is 7.70. The lowest BCUT2D eigenvalue weighted by Gasteiger charge is -2.06. The van der Waals surface area contributed by atoms with Crippen LogP contribution in [0.25, 0.3) is 0 Å². The molecule has 0 atom stereocenters. The summed E-state index contributed by atoms with van der Waals surface area (Å²) in [6.45, 7) is 3.21. The molecule has 2 aromatic carbocycles. The second-order valence-electron chi connectivity index (χ2n) is 5.80. The summed E-state index contributed by atoms with van der Waals surface area (Å²) in [5, 5.41) is 11.4. The molecule has 0 aliphatic carbocycles. The van der Waals surface area contributed by atoms with E-state index in [4.69, 9.17) is 11.0 Å². The summed E-state index contributed by atoms with van der Waals surface area (Å²) in [4.78, 5) is 23.4. The normalized spacial score (nSPS) is 12.8. The van der Waals surface area contributed by atoms with Crippen LogP contribution in [0.2, 0.25) is 0 Å². The number of nitrogens with two attached hydrogens (primary N) is 1. The molecule has 3 N–H and O–H groups in total. The van der Waals surface area contributed by atoms with E-state index < -0.39 is 17.6 Å². The smallest absolute Gasteiger partial charge is 0.383 e. The van der Waals surface area contributed by atoms with Gasteiger partial charge in [-0.3, -0.25) is 9.79 Å². The van der Waals surface area contributed by atoms with Crippen LogP contribution in [0.15, 0.2) is 74.1 Å². The lowest BCUT2D eigenvalue weighted by Crippen LogP contribution is -2.15. The number of hydrogen-bond donors (Lipinski definition) is 3. The van der Waals surface area contributed by atoms with Gasteiger partial charge in [0.1, 0.15) is 28.8 Å². The first-order valence-electron chi connectivity index (χ1n) is 8.40. The largest absolute Gasteiger partial charge is 0.416 e. The maximum atomic E-state index is 12.5. The maximum absolute atomic E-state index is 12.5. The third-order valence-electron chi connectivity index (χ3n) is 3.75. The first-order chi connectivity index (χ1) is 14.7. The molecule has 0 unspecified atom stereocenters. The van der Waals surface area contributed by atoms with Crippen molar-refractivity contribution in [2.24, 2.45) is 20.7 Å². The Morgan fingerprint density at radius 1 is 1.16 bits per heavy atom. The number of anilines is 1. The number of amides is 1. The Labute approximate surface area is 180 Å². The minimum Gasteiger partial charge on any atom is -0.383 e. The van der Waals surface area contributed by atoms with Crippen molar-refractivity contribution in [3.05, 3.63) is 70.3 Å². The fraction of sp³-hybridized carbons (Fsp3) is 0.0500. The van der Waals surface area contributed by atoms with Crippen molar-refractivity contribution in [1.29, 1.82) is 5.26 Å². The van der Waals surface area contributed by atoms with Crippen LogP contribution < -0.4 is 11.1 Å². The van der Waals surface area contributed by atoms with Crippen LogP contribution >= 0.6 is 12.6 Å². The van der Waals surface area contributed by atoms with Crippen LogP contribution in [-0.4, -0.2) is 24.8 Å². The Bertz CT molecular complexity index is 1100. The number of amidine groups is 1. The fourth-order valence-corrected chi connectivity index (χ4v) is 2.32. The fourth-order valence-electron chi connectivity index (χ4n) is 2.17. The minimum atomic E-state index is -4.42. The molecule has 158 valence electrons. The quantitative estimate of drug-likeness (QED) is 0.205. The van der Waals surface area contributed by atoms with Crippen molar-refractivity contribution in [3.8, 4) is 6.07 Å². The first-order valence-corrected chi connectivity index (χ1v) is 8.85. The van der Waals surface area contributed by atoms with Gasteiger partial charge in [0.05, 0.1) is 11.3 Å². The van der Waals surface area contributed by atoms with E-state index in [1.54, 1.807) is 18.2 Å². The number of halogens is 3. The average molecular weight is 444 g/mol. The summed E-state index contributed by atoms with van der Waals surface area (Å²) >= 11 is 3.90.